The molecule has 4 rings (SSSR count). The summed E-state index contributed by atoms with van der Waals surface area (Å²) in [5, 5.41) is 3.26. The highest BCUT2D eigenvalue weighted by Crippen LogP contribution is 2.23. The molecule has 2 aromatic carbocycles. The Balaban J connectivity index is 1.26. The van der Waals surface area contributed by atoms with Crippen LogP contribution in [0.2, 0.25) is 0 Å². The van der Waals surface area contributed by atoms with Crippen LogP contribution >= 0.6 is 0 Å². The van der Waals surface area contributed by atoms with E-state index in [2.05, 4.69) is 46.6 Å². The summed E-state index contributed by atoms with van der Waals surface area (Å²) in [7, 11) is 0. The molecule has 1 saturated carbocycles. The topological polar surface area (TPSA) is 41.6 Å². The summed E-state index contributed by atoms with van der Waals surface area (Å²) < 4.78 is 6.10. The molecule has 1 aliphatic carbocycles. The van der Waals surface area contributed by atoms with Gasteiger partial charge in [-0.3, -0.25) is 4.79 Å². The van der Waals surface area contributed by atoms with E-state index in [1.165, 1.54) is 43.4 Å². The first-order valence-corrected chi connectivity index (χ1v) is 11.6. The molecule has 1 N–H and O–H groups in total. The second-order valence-electron chi connectivity index (χ2n) is 8.72. The van der Waals surface area contributed by atoms with Crippen molar-refractivity contribution in [3.63, 3.8) is 0 Å². The van der Waals surface area contributed by atoms with Crippen molar-refractivity contribution in [2.75, 3.05) is 18.0 Å². The number of ether oxygens (including phenoxy) is 1. The summed E-state index contributed by atoms with van der Waals surface area (Å²) in [6.07, 6.45) is 9.92. The molecule has 1 heterocycles. The Morgan fingerprint density at radius 1 is 0.900 bits per heavy atom. The number of rotatable bonds is 6. The number of anilines is 1. The van der Waals surface area contributed by atoms with E-state index in [9.17, 15) is 4.79 Å². The first-order valence-electron chi connectivity index (χ1n) is 11.6. The van der Waals surface area contributed by atoms with E-state index in [1.807, 2.05) is 18.2 Å². The summed E-state index contributed by atoms with van der Waals surface area (Å²) in [5.74, 6) is 0.0672. The molecule has 4 heteroatoms. The highest BCUT2D eigenvalue weighted by molar-refractivity contribution is 5.94. The summed E-state index contributed by atoms with van der Waals surface area (Å²) >= 11 is 0. The molecule has 0 spiro atoms. The molecule has 4 nitrogen and oxygen atoms in total. The van der Waals surface area contributed by atoms with Gasteiger partial charge in [-0.25, -0.2) is 0 Å². The number of nitrogens with zero attached hydrogens (tertiary/aromatic N) is 1. The van der Waals surface area contributed by atoms with Crippen LogP contribution in [0.25, 0.3) is 0 Å². The minimum Gasteiger partial charge on any atom is -0.372 e. The van der Waals surface area contributed by atoms with E-state index in [1.54, 1.807) is 0 Å². The Labute approximate surface area is 180 Å². The lowest BCUT2D eigenvalue weighted by atomic mass is 9.96. The zero-order chi connectivity index (χ0) is 20.6. The lowest BCUT2D eigenvalue weighted by Crippen LogP contribution is -2.35. The van der Waals surface area contributed by atoms with Gasteiger partial charge >= 0.3 is 0 Å². The third-order valence-electron chi connectivity index (χ3n) is 6.41. The molecule has 30 heavy (non-hydrogen) atoms. The summed E-state index contributed by atoms with van der Waals surface area (Å²) in [5.41, 5.74) is 3.15. The van der Waals surface area contributed by atoms with Gasteiger partial charge in [0, 0.05) is 30.4 Å². The van der Waals surface area contributed by atoms with Crippen LogP contribution in [0.15, 0.2) is 54.6 Å². The Bertz CT molecular complexity index is 782. The highest BCUT2D eigenvalue weighted by Gasteiger charge is 2.23. The molecule has 2 fully saturated rings. The van der Waals surface area contributed by atoms with Gasteiger partial charge in [0.2, 0.25) is 0 Å². The number of carbonyl (C=O) groups is 1. The Hall–Kier alpha value is -2.33. The van der Waals surface area contributed by atoms with Crippen molar-refractivity contribution in [2.24, 2.45) is 0 Å². The number of carbonyl (C=O) groups excluding carboxylic acids is 1. The monoisotopic (exact) mass is 406 g/mol. The van der Waals surface area contributed by atoms with Crippen LogP contribution in [0.3, 0.4) is 0 Å². The molecule has 1 amide bonds. The van der Waals surface area contributed by atoms with Gasteiger partial charge in [0.1, 0.15) is 0 Å². The number of nitrogens with one attached hydrogen (secondary N) is 1. The minimum atomic E-state index is 0.0672. The van der Waals surface area contributed by atoms with Gasteiger partial charge in [-0.2, -0.15) is 0 Å². The van der Waals surface area contributed by atoms with E-state index < -0.39 is 0 Å². The normalized spacial score (nSPS) is 20.5. The van der Waals surface area contributed by atoms with Crippen LogP contribution in [-0.4, -0.2) is 31.1 Å². The minimum absolute atomic E-state index is 0.0672. The third kappa shape index (κ3) is 5.85. The van der Waals surface area contributed by atoms with Crippen LogP contribution in [-0.2, 0) is 11.3 Å². The standard InChI is InChI=1S/C26H34N2O2/c29-26(27-23-11-7-2-1-3-8-12-23)22-13-15-24(16-14-22)28-18-17-25(19-28)30-20-21-9-5-4-6-10-21/h4-6,9-10,13-16,23,25H,1-3,7-8,11-12,17-20H2,(H,27,29). The highest BCUT2D eigenvalue weighted by atomic mass is 16.5. The number of amides is 1. The Morgan fingerprint density at radius 2 is 1.60 bits per heavy atom. The first kappa shape index (κ1) is 20.9. The zero-order valence-corrected chi connectivity index (χ0v) is 17.9. The largest absolute Gasteiger partial charge is 0.372 e. The van der Waals surface area contributed by atoms with Gasteiger partial charge in [-0.15, -0.1) is 0 Å². The lowest BCUT2D eigenvalue weighted by molar-refractivity contribution is 0.0553. The fraction of sp³-hybridized carbons (Fsp3) is 0.500. The Kier molecular flexibility index (Phi) is 7.41. The van der Waals surface area contributed by atoms with Crippen LogP contribution < -0.4 is 10.2 Å². The van der Waals surface area contributed by atoms with Gasteiger partial charge in [0.15, 0.2) is 0 Å². The SMILES string of the molecule is O=C(NC1CCCCCCC1)c1ccc(N2CCC(OCc3ccccc3)C2)cc1. The van der Waals surface area contributed by atoms with E-state index in [0.717, 1.165) is 37.9 Å². The van der Waals surface area contributed by atoms with Crippen LogP contribution in [0.4, 0.5) is 5.69 Å². The molecule has 1 saturated heterocycles. The van der Waals surface area contributed by atoms with E-state index in [-0.39, 0.29) is 12.0 Å². The maximum atomic E-state index is 12.7. The molecule has 0 aromatic heterocycles. The molecular weight excluding hydrogens is 372 g/mol. The molecule has 1 aliphatic heterocycles. The number of hydrogen-bond acceptors (Lipinski definition) is 3. The predicted octanol–water partition coefficient (Wildman–Crippen LogP) is 5.32. The second kappa shape index (κ2) is 10.6. The van der Waals surface area contributed by atoms with Crippen molar-refractivity contribution in [1.82, 2.24) is 5.32 Å². The average molecular weight is 407 g/mol. The predicted molar refractivity (Wildman–Crippen MR) is 122 cm³/mol. The van der Waals surface area contributed by atoms with Crippen molar-refractivity contribution >= 4 is 11.6 Å². The van der Waals surface area contributed by atoms with Crippen molar-refractivity contribution in [1.29, 1.82) is 0 Å². The maximum Gasteiger partial charge on any atom is 0.251 e. The average Bonchev–Trinajstić information content (AvgIpc) is 3.24. The fourth-order valence-electron chi connectivity index (χ4n) is 4.58. The van der Waals surface area contributed by atoms with Crippen molar-refractivity contribution in [3.05, 3.63) is 65.7 Å². The van der Waals surface area contributed by atoms with Crippen LogP contribution in [0.5, 0.6) is 0 Å². The van der Waals surface area contributed by atoms with E-state index >= 15 is 0 Å². The van der Waals surface area contributed by atoms with Crippen molar-refractivity contribution in [2.45, 2.75) is 70.1 Å². The molecule has 160 valence electrons. The van der Waals surface area contributed by atoms with E-state index in [4.69, 9.17) is 4.74 Å². The van der Waals surface area contributed by atoms with Gasteiger partial charge in [-0.05, 0) is 49.1 Å². The molecule has 0 bridgehead atoms. The summed E-state index contributed by atoms with van der Waals surface area (Å²) in [6.45, 7) is 2.56. The molecule has 2 aliphatic rings. The summed E-state index contributed by atoms with van der Waals surface area (Å²) in [4.78, 5) is 15.0. The molecular formula is C26H34N2O2. The maximum absolute atomic E-state index is 12.7. The number of hydrogen-bond donors (Lipinski definition) is 1. The van der Waals surface area contributed by atoms with Gasteiger partial charge < -0.3 is 15.0 Å². The summed E-state index contributed by atoms with van der Waals surface area (Å²) in [6, 6.07) is 18.8. The van der Waals surface area contributed by atoms with Gasteiger partial charge in [0.25, 0.3) is 5.91 Å². The lowest BCUT2D eigenvalue weighted by Gasteiger charge is -2.22. The van der Waals surface area contributed by atoms with Gasteiger partial charge in [0.05, 0.1) is 12.7 Å². The quantitative estimate of drug-likeness (QED) is 0.705. The van der Waals surface area contributed by atoms with E-state index in [0.29, 0.717) is 12.6 Å². The zero-order valence-electron chi connectivity index (χ0n) is 17.9. The molecule has 0 radical (unpaired) electrons. The second-order valence-corrected chi connectivity index (χ2v) is 8.72. The first-order chi connectivity index (χ1) is 14.8. The molecule has 1 atom stereocenters. The fourth-order valence-corrected chi connectivity index (χ4v) is 4.58. The van der Waals surface area contributed by atoms with Crippen molar-refractivity contribution in [3.8, 4) is 0 Å². The van der Waals surface area contributed by atoms with Gasteiger partial charge in [-0.1, -0.05) is 62.4 Å². The third-order valence-corrected chi connectivity index (χ3v) is 6.41. The Morgan fingerprint density at radius 3 is 2.33 bits per heavy atom. The number of benzene rings is 2. The molecule has 1 unspecified atom stereocenters. The van der Waals surface area contributed by atoms with Crippen molar-refractivity contribution < 1.29 is 9.53 Å². The molecule has 2 aromatic rings. The smallest absolute Gasteiger partial charge is 0.251 e. The van der Waals surface area contributed by atoms with Crippen LogP contribution in [0, 0.1) is 0 Å². The van der Waals surface area contributed by atoms with Crippen LogP contribution in [0.1, 0.15) is 67.3 Å².